The van der Waals surface area contributed by atoms with Gasteiger partial charge >= 0.3 is 0 Å². The molecule has 23 heavy (non-hydrogen) atoms. The number of aromatic hydroxyl groups is 1. The van der Waals surface area contributed by atoms with Crippen LogP contribution in [0.1, 0.15) is 17.5 Å². The first-order chi connectivity index (χ1) is 11.0. The summed E-state index contributed by atoms with van der Waals surface area (Å²) in [4.78, 5) is 23.4. The van der Waals surface area contributed by atoms with Crippen LogP contribution in [0.5, 0.6) is 5.75 Å². The van der Waals surface area contributed by atoms with Crippen molar-refractivity contribution in [1.29, 1.82) is 0 Å². The lowest BCUT2D eigenvalue weighted by atomic mass is 10.2. The van der Waals surface area contributed by atoms with Crippen molar-refractivity contribution in [2.75, 3.05) is 5.32 Å². The van der Waals surface area contributed by atoms with Gasteiger partial charge in [0.15, 0.2) is 0 Å². The third-order valence-electron chi connectivity index (χ3n) is 2.99. The second-order valence-electron chi connectivity index (χ2n) is 4.94. The second kappa shape index (κ2) is 7.74. The molecule has 2 amide bonds. The lowest BCUT2D eigenvalue weighted by molar-refractivity contribution is -0.126. The molecule has 6 nitrogen and oxygen atoms in total. The minimum absolute atomic E-state index is 0.0580. The molecule has 2 aromatic carbocycles. The number of aryl methyl sites for hydroxylation is 1. The highest BCUT2D eigenvalue weighted by Gasteiger charge is 2.08. The van der Waals surface area contributed by atoms with E-state index in [2.05, 4.69) is 15.8 Å². The fourth-order valence-electron chi connectivity index (χ4n) is 1.80. The van der Waals surface area contributed by atoms with Crippen molar-refractivity contribution in [2.45, 2.75) is 13.3 Å². The molecule has 0 radical (unpaired) electrons. The number of nitrogens with zero attached hydrogens (tertiary/aromatic N) is 1. The molecular formula is C17H17N3O3. The molecule has 0 aliphatic carbocycles. The summed E-state index contributed by atoms with van der Waals surface area (Å²) < 4.78 is 0. The maximum absolute atomic E-state index is 11.7. The van der Waals surface area contributed by atoms with E-state index < -0.39 is 11.8 Å². The molecule has 0 atom stereocenters. The highest BCUT2D eigenvalue weighted by molar-refractivity contribution is 6.03. The number of carbonyl (C=O) groups excluding carboxylic acids is 2. The third kappa shape index (κ3) is 5.28. The van der Waals surface area contributed by atoms with Crippen molar-refractivity contribution in [3.8, 4) is 5.75 Å². The average molecular weight is 311 g/mol. The quantitative estimate of drug-likeness (QED) is 0.449. The summed E-state index contributed by atoms with van der Waals surface area (Å²) in [6.07, 6.45) is 0.969. The zero-order chi connectivity index (χ0) is 16.7. The summed E-state index contributed by atoms with van der Waals surface area (Å²) in [5.74, 6) is -0.909. The molecule has 6 heteroatoms. The molecule has 0 aromatic heterocycles. The summed E-state index contributed by atoms with van der Waals surface area (Å²) in [7, 11) is 0. The Balaban J connectivity index is 1.81. The Bertz CT molecular complexity index is 724. The highest BCUT2D eigenvalue weighted by Crippen LogP contribution is 2.12. The van der Waals surface area contributed by atoms with Crippen LogP contribution in [0.25, 0.3) is 0 Å². The van der Waals surface area contributed by atoms with E-state index in [1.807, 2.05) is 19.1 Å². The van der Waals surface area contributed by atoms with Gasteiger partial charge < -0.3 is 10.4 Å². The van der Waals surface area contributed by atoms with Crippen molar-refractivity contribution in [3.05, 3.63) is 59.7 Å². The number of nitrogens with one attached hydrogen (secondary N) is 2. The van der Waals surface area contributed by atoms with Gasteiger partial charge in [-0.2, -0.15) is 5.10 Å². The molecule has 2 rings (SSSR count). The Hall–Kier alpha value is -3.15. The zero-order valence-corrected chi connectivity index (χ0v) is 12.6. The number of hydrogen-bond acceptors (Lipinski definition) is 4. The molecule has 3 N–H and O–H groups in total. The normalized spacial score (nSPS) is 10.5. The van der Waals surface area contributed by atoms with E-state index in [1.54, 1.807) is 30.3 Å². The number of hydrazone groups is 1. The number of carbonyl (C=O) groups is 2. The number of para-hydroxylation sites is 1. The van der Waals surface area contributed by atoms with Crippen molar-refractivity contribution in [3.63, 3.8) is 0 Å². The molecule has 0 aliphatic heterocycles. The Kier molecular flexibility index (Phi) is 5.46. The molecular weight excluding hydrogens is 294 g/mol. The van der Waals surface area contributed by atoms with Crippen molar-refractivity contribution < 1.29 is 14.7 Å². The van der Waals surface area contributed by atoms with E-state index in [0.717, 1.165) is 5.56 Å². The van der Waals surface area contributed by atoms with Crippen LogP contribution in [-0.4, -0.2) is 23.1 Å². The molecule has 0 bridgehead atoms. The smallest absolute Gasteiger partial charge is 0.249 e. The van der Waals surface area contributed by atoms with Gasteiger partial charge in [-0.25, -0.2) is 5.43 Å². The van der Waals surface area contributed by atoms with Gasteiger partial charge in [-0.15, -0.1) is 0 Å². The summed E-state index contributed by atoms with van der Waals surface area (Å²) in [6, 6.07) is 13.8. The number of amides is 2. The van der Waals surface area contributed by atoms with Crippen LogP contribution in [0, 0.1) is 6.92 Å². The molecule has 2 aromatic rings. The van der Waals surface area contributed by atoms with E-state index in [-0.39, 0.29) is 12.2 Å². The fourth-order valence-corrected chi connectivity index (χ4v) is 1.80. The van der Waals surface area contributed by atoms with Gasteiger partial charge in [-0.3, -0.25) is 9.59 Å². The van der Waals surface area contributed by atoms with Gasteiger partial charge in [0.05, 0.1) is 6.21 Å². The van der Waals surface area contributed by atoms with Crippen LogP contribution in [-0.2, 0) is 9.59 Å². The maximum atomic E-state index is 11.7. The second-order valence-corrected chi connectivity index (χ2v) is 4.94. The standard InChI is InChI=1S/C17H17N3O3/c1-12-6-8-14(9-7-12)19-16(22)10-17(23)20-18-11-13-4-2-3-5-15(13)21/h2-9,11,21H,10H2,1H3,(H,19,22)(H,20,23)/b18-11+. The van der Waals surface area contributed by atoms with Gasteiger partial charge in [-0.05, 0) is 31.2 Å². The van der Waals surface area contributed by atoms with Gasteiger partial charge in [-0.1, -0.05) is 29.8 Å². The highest BCUT2D eigenvalue weighted by atomic mass is 16.3. The number of benzene rings is 2. The number of anilines is 1. The first-order valence-corrected chi connectivity index (χ1v) is 7.01. The van der Waals surface area contributed by atoms with Gasteiger partial charge in [0.25, 0.3) is 0 Å². The molecule has 118 valence electrons. The van der Waals surface area contributed by atoms with Crippen LogP contribution in [0.2, 0.25) is 0 Å². The summed E-state index contributed by atoms with van der Waals surface area (Å²) >= 11 is 0. The van der Waals surface area contributed by atoms with Crippen molar-refractivity contribution in [2.24, 2.45) is 5.10 Å². The molecule has 0 aliphatic rings. The predicted molar refractivity (Wildman–Crippen MR) is 88.3 cm³/mol. The molecule has 0 saturated carbocycles. The van der Waals surface area contributed by atoms with Crippen LogP contribution in [0.4, 0.5) is 5.69 Å². The summed E-state index contributed by atoms with van der Waals surface area (Å²) in [5, 5.41) is 15.9. The van der Waals surface area contributed by atoms with Crippen molar-refractivity contribution in [1.82, 2.24) is 5.43 Å². The summed E-state index contributed by atoms with van der Waals surface area (Å²) in [6.45, 7) is 1.95. The first kappa shape index (κ1) is 16.2. The van der Waals surface area contributed by atoms with E-state index in [1.165, 1.54) is 12.3 Å². The SMILES string of the molecule is Cc1ccc(NC(=O)CC(=O)N/N=C/c2ccccc2O)cc1. The minimum atomic E-state index is -0.540. The molecule has 0 spiro atoms. The van der Waals surface area contributed by atoms with Crippen LogP contribution in [0.15, 0.2) is 53.6 Å². The van der Waals surface area contributed by atoms with Crippen molar-refractivity contribution >= 4 is 23.7 Å². The fraction of sp³-hybridized carbons (Fsp3) is 0.118. The van der Waals surface area contributed by atoms with Gasteiger partial charge in [0, 0.05) is 11.3 Å². The van der Waals surface area contributed by atoms with E-state index >= 15 is 0 Å². The average Bonchev–Trinajstić information content (AvgIpc) is 2.51. The third-order valence-corrected chi connectivity index (χ3v) is 2.99. The number of hydrogen-bond donors (Lipinski definition) is 3. The van der Waals surface area contributed by atoms with E-state index in [4.69, 9.17) is 0 Å². The molecule has 0 fully saturated rings. The summed E-state index contributed by atoms with van der Waals surface area (Å²) in [5.41, 5.74) is 4.43. The van der Waals surface area contributed by atoms with Crippen LogP contribution < -0.4 is 10.7 Å². The Morgan fingerprint density at radius 3 is 2.48 bits per heavy atom. The van der Waals surface area contributed by atoms with E-state index in [9.17, 15) is 14.7 Å². The monoisotopic (exact) mass is 311 g/mol. The lowest BCUT2D eigenvalue weighted by Crippen LogP contribution is -2.24. The van der Waals surface area contributed by atoms with Crippen LogP contribution >= 0.6 is 0 Å². The Morgan fingerprint density at radius 1 is 1.09 bits per heavy atom. The Labute approximate surface area is 133 Å². The predicted octanol–water partition coefficient (Wildman–Crippen LogP) is 2.18. The number of phenols is 1. The van der Waals surface area contributed by atoms with Gasteiger partial charge in [0.2, 0.25) is 11.8 Å². The van der Waals surface area contributed by atoms with Gasteiger partial charge in [0.1, 0.15) is 12.2 Å². The lowest BCUT2D eigenvalue weighted by Gasteiger charge is -2.04. The van der Waals surface area contributed by atoms with Crippen LogP contribution in [0.3, 0.4) is 0 Å². The topological polar surface area (TPSA) is 90.8 Å². The first-order valence-electron chi connectivity index (χ1n) is 7.01. The Morgan fingerprint density at radius 2 is 1.78 bits per heavy atom. The minimum Gasteiger partial charge on any atom is -0.507 e. The maximum Gasteiger partial charge on any atom is 0.249 e. The number of rotatable bonds is 5. The number of phenolic OH excluding ortho intramolecular Hbond substituents is 1. The largest absolute Gasteiger partial charge is 0.507 e. The zero-order valence-electron chi connectivity index (χ0n) is 12.6. The molecule has 0 unspecified atom stereocenters. The molecule has 0 heterocycles. The van der Waals surface area contributed by atoms with E-state index in [0.29, 0.717) is 11.3 Å². The molecule has 0 saturated heterocycles.